The van der Waals surface area contributed by atoms with Crippen LogP contribution >= 0.6 is 11.6 Å². The molecule has 1 heterocycles. The summed E-state index contributed by atoms with van der Waals surface area (Å²) in [6.07, 6.45) is 2.72. The molecule has 138 valence electrons. The number of hydrogen-bond donors (Lipinski definition) is 1. The summed E-state index contributed by atoms with van der Waals surface area (Å²) in [7, 11) is 1.67. The van der Waals surface area contributed by atoms with Crippen LogP contribution in [0, 0.1) is 0 Å². The molecule has 1 aliphatic rings. The molecule has 0 spiro atoms. The monoisotopic (exact) mass is 372 g/mol. The maximum atomic E-state index is 12.4. The molecule has 5 heteroatoms. The largest absolute Gasteiger partial charge is 0.497 e. The molecule has 3 rings (SSSR count). The molecule has 1 unspecified atom stereocenters. The highest BCUT2D eigenvalue weighted by molar-refractivity contribution is 6.31. The number of rotatable bonds is 7. The molecule has 0 aliphatic carbocycles. The number of carbonyl (C=O) groups is 1. The number of nitrogens with one attached hydrogen (secondary N) is 1. The Labute approximate surface area is 160 Å². The zero-order valence-corrected chi connectivity index (χ0v) is 15.8. The minimum atomic E-state index is -0.00388. The average molecular weight is 373 g/mol. The number of amides is 1. The highest BCUT2D eigenvalue weighted by Gasteiger charge is 2.24. The van der Waals surface area contributed by atoms with Crippen LogP contribution in [0.4, 0.5) is 0 Å². The number of carbonyl (C=O) groups excluding carboxylic acids is 1. The molecular formula is C21H25ClN2O2. The molecule has 0 aromatic heterocycles. The van der Waals surface area contributed by atoms with Crippen LogP contribution in [0.15, 0.2) is 48.5 Å². The molecule has 1 N–H and O–H groups in total. The zero-order chi connectivity index (χ0) is 18.4. The van der Waals surface area contributed by atoms with E-state index in [-0.39, 0.29) is 11.9 Å². The van der Waals surface area contributed by atoms with Gasteiger partial charge in [0.2, 0.25) is 5.91 Å². The van der Waals surface area contributed by atoms with Crippen LogP contribution in [0.1, 0.15) is 30.0 Å². The van der Waals surface area contributed by atoms with Crippen LogP contribution in [0.2, 0.25) is 5.02 Å². The van der Waals surface area contributed by atoms with Crippen LogP contribution in [-0.4, -0.2) is 37.6 Å². The maximum Gasteiger partial charge on any atom is 0.224 e. The minimum absolute atomic E-state index is 0.00388. The first kappa shape index (κ1) is 18.7. The molecule has 4 nitrogen and oxygen atoms in total. The van der Waals surface area contributed by atoms with Crippen LogP contribution < -0.4 is 10.1 Å². The summed E-state index contributed by atoms with van der Waals surface area (Å²) in [5.74, 6) is 0.840. The van der Waals surface area contributed by atoms with Crippen LogP contribution in [0.5, 0.6) is 5.75 Å². The molecule has 1 amide bonds. The van der Waals surface area contributed by atoms with Crippen molar-refractivity contribution in [2.75, 3.05) is 26.7 Å². The SMILES string of the molecule is COc1ccc(C(CNC(=O)Cc2ccccc2Cl)N2CCCC2)cc1. The summed E-state index contributed by atoms with van der Waals surface area (Å²) in [5.41, 5.74) is 2.06. The molecule has 1 fully saturated rings. The van der Waals surface area contributed by atoms with Gasteiger partial charge in [-0.2, -0.15) is 0 Å². The van der Waals surface area contributed by atoms with E-state index in [1.54, 1.807) is 7.11 Å². The number of halogens is 1. The number of methoxy groups -OCH3 is 1. The van der Waals surface area contributed by atoms with Gasteiger partial charge >= 0.3 is 0 Å². The molecule has 1 saturated heterocycles. The zero-order valence-electron chi connectivity index (χ0n) is 15.1. The standard InChI is InChI=1S/C21H25ClN2O2/c1-26-18-10-8-16(9-11-18)20(24-12-4-5-13-24)15-23-21(25)14-17-6-2-3-7-19(17)22/h2-3,6-11,20H,4-5,12-15H2,1H3,(H,23,25). The lowest BCUT2D eigenvalue weighted by atomic mass is 10.0. The van der Waals surface area contributed by atoms with Gasteiger partial charge in [-0.1, -0.05) is 41.9 Å². The van der Waals surface area contributed by atoms with Gasteiger partial charge in [0.05, 0.1) is 19.6 Å². The first-order chi connectivity index (χ1) is 12.7. The lowest BCUT2D eigenvalue weighted by Gasteiger charge is -2.28. The van der Waals surface area contributed by atoms with Gasteiger partial charge in [0, 0.05) is 11.6 Å². The van der Waals surface area contributed by atoms with Gasteiger partial charge in [0.1, 0.15) is 5.75 Å². The van der Waals surface area contributed by atoms with Crippen molar-refractivity contribution in [3.63, 3.8) is 0 Å². The van der Waals surface area contributed by atoms with Gasteiger partial charge in [-0.25, -0.2) is 0 Å². The Morgan fingerprint density at radius 1 is 1.15 bits per heavy atom. The first-order valence-electron chi connectivity index (χ1n) is 9.05. The lowest BCUT2D eigenvalue weighted by molar-refractivity contribution is -0.120. The van der Waals surface area contributed by atoms with Crippen molar-refractivity contribution in [1.82, 2.24) is 10.2 Å². The molecule has 1 atom stereocenters. The highest BCUT2D eigenvalue weighted by Crippen LogP contribution is 2.26. The molecule has 0 bridgehead atoms. The smallest absolute Gasteiger partial charge is 0.224 e. The van der Waals surface area contributed by atoms with Gasteiger partial charge in [-0.15, -0.1) is 0 Å². The van der Waals surface area contributed by atoms with Crippen molar-refractivity contribution < 1.29 is 9.53 Å². The third-order valence-electron chi connectivity index (χ3n) is 4.88. The molecular weight excluding hydrogens is 348 g/mol. The Balaban J connectivity index is 1.65. The van der Waals surface area contributed by atoms with Gasteiger partial charge < -0.3 is 10.1 Å². The van der Waals surface area contributed by atoms with Gasteiger partial charge in [-0.3, -0.25) is 9.69 Å². The van der Waals surface area contributed by atoms with E-state index >= 15 is 0 Å². The molecule has 26 heavy (non-hydrogen) atoms. The van der Waals surface area contributed by atoms with E-state index in [1.165, 1.54) is 18.4 Å². The second-order valence-corrected chi connectivity index (χ2v) is 7.01. The summed E-state index contributed by atoms with van der Waals surface area (Å²) in [6, 6.07) is 15.8. The van der Waals surface area contributed by atoms with E-state index in [2.05, 4.69) is 22.3 Å². The van der Waals surface area contributed by atoms with Crippen LogP contribution in [-0.2, 0) is 11.2 Å². The van der Waals surface area contributed by atoms with E-state index < -0.39 is 0 Å². The van der Waals surface area contributed by atoms with Gasteiger partial charge in [-0.05, 0) is 55.3 Å². The Bertz CT molecular complexity index is 727. The van der Waals surface area contributed by atoms with Crippen molar-refractivity contribution in [1.29, 1.82) is 0 Å². The Hall–Kier alpha value is -2.04. The van der Waals surface area contributed by atoms with Gasteiger partial charge in [0.15, 0.2) is 0 Å². The normalized spacial score (nSPS) is 15.6. The fourth-order valence-electron chi connectivity index (χ4n) is 3.42. The van der Waals surface area contributed by atoms with E-state index in [0.717, 1.165) is 24.4 Å². The minimum Gasteiger partial charge on any atom is -0.497 e. The number of ether oxygens (including phenoxy) is 1. The van der Waals surface area contributed by atoms with Crippen molar-refractivity contribution in [3.8, 4) is 5.75 Å². The van der Waals surface area contributed by atoms with E-state index in [9.17, 15) is 4.79 Å². The third kappa shape index (κ3) is 4.77. The van der Waals surface area contributed by atoms with Crippen molar-refractivity contribution in [3.05, 3.63) is 64.7 Å². The average Bonchev–Trinajstić information content (AvgIpc) is 3.19. The maximum absolute atomic E-state index is 12.4. The van der Waals surface area contributed by atoms with E-state index in [1.807, 2.05) is 36.4 Å². The Kier molecular flexibility index (Phi) is 6.53. The molecule has 2 aromatic rings. The number of nitrogens with zero attached hydrogens (tertiary/aromatic N) is 1. The first-order valence-corrected chi connectivity index (χ1v) is 9.43. The second-order valence-electron chi connectivity index (χ2n) is 6.60. The van der Waals surface area contributed by atoms with Crippen LogP contribution in [0.3, 0.4) is 0 Å². The van der Waals surface area contributed by atoms with Crippen molar-refractivity contribution in [2.24, 2.45) is 0 Å². The van der Waals surface area contributed by atoms with Crippen molar-refractivity contribution in [2.45, 2.75) is 25.3 Å². The fourth-order valence-corrected chi connectivity index (χ4v) is 3.63. The summed E-state index contributed by atoms with van der Waals surface area (Å²) in [4.78, 5) is 14.8. The summed E-state index contributed by atoms with van der Waals surface area (Å²) in [6.45, 7) is 2.73. The molecule has 0 radical (unpaired) electrons. The molecule has 2 aromatic carbocycles. The van der Waals surface area contributed by atoms with E-state index in [0.29, 0.717) is 18.0 Å². The van der Waals surface area contributed by atoms with Gasteiger partial charge in [0.25, 0.3) is 0 Å². The van der Waals surface area contributed by atoms with Crippen LogP contribution in [0.25, 0.3) is 0 Å². The lowest BCUT2D eigenvalue weighted by Crippen LogP contribution is -2.37. The molecule has 0 saturated carbocycles. The van der Waals surface area contributed by atoms with E-state index in [4.69, 9.17) is 16.3 Å². The Morgan fingerprint density at radius 3 is 2.50 bits per heavy atom. The van der Waals surface area contributed by atoms with Crippen molar-refractivity contribution >= 4 is 17.5 Å². The third-order valence-corrected chi connectivity index (χ3v) is 5.25. The summed E-state index contributed by atoms with van der Waals surface area (Å²) in [5, 5.41) is 3.73. The summed E-state index contributed by atoms with van der Waals surface area (Å²) >= 11 is 6.16. The summed E-state index contributed by atoms with van der Waals surface area (Å²) < 4.78 is 5.25. The fraction of sp³-hybridized carbons (Fsp3) is 0.381. The predicted octanol–water partition coefficient (Wildman–Crippen LogP) is 3.84. The second kappa shape index (κ2) is 9.06. The number of benzene rings is 2. The number of hydrogen-bond acceptors (Lipinski definition) is 3. The quantitative estimate of drug-likeness (QED) is 0.802. The molecule has 1 aliphatic heterocycles. The topological polar surface area (TPSA) is 41.6 Å². The Morgan fingerprint density at radius 2 is 1.85 bits per heavy atom. The highest BCUT2D eigenvalue weighted by atomic mass is 35.5. The number of likely N-dealkylation sites (tertiary alicyclic amines) is 1. The predicted molar refractivity (Wildman–Crippen MR) is 105 cm³/mol.